The molecule has 3 rings (SSSR count). The van der Waals surface area contributed by atoms with Gasteiger partial charge >= 0.3 is 0 Å². The molecule has 0 saturated heterocycles. The maximum Gasteiger partial charge on any atom is 0.138 e. The van der Waals surface area contributed by atoms with Crippen molar-refractivity contribution >= 4 is 11.6 Å². The van der Waals surface area contributed by atoms with E-state index < -0.39 is 6.10 Å². The number of rotatable bonds is 7. The molecule has 2 aliphatic carbocycles. The van der Waals surface area contributed by atoms with Crippen LogP contribution >= 0.6 is 11.6 Å². The summed E-state index contributed by atoms with van der Waals surface area (Å²) in [6.07, 6.45) is 12.7. The molecule has 1 aromatic carbocycles. The van der Waals surface area contributed by atoms with Gasteiger partial charge < -0.3 is 9.84 Å². The molecule has 0 aromatic heterocycles. The van der Waals surface area contributed by atoms with Crippen LogP contribution in [-0.2, 0) is 0 Å². The summed E-state index contributed by atoms with van der Waals surface area (Å²) in [6.45, 7) is 1.03. The van der Waals surface area contributed by atoms with Crippen LogP contribution in [0, 0.1) is 0 Å². The van der Waals surface area contributed by atoms with Crippen molar-refractivity contribution in [3.05, 3.63) is 29.3 Å². The van der Waals surface area contributed by atoms with E-state index in [-0.39, 0.29) is 0 Å². The van der Waals surface area contributed by atoms with Crippen LogP contribution in [-0.4, -0.2) is 41.3 Å². The summed E-state index contributed by atoms with van der Waals surface area (Å²) in [5.41, 5.74) is 0. The Labute approximate surface area is 157 Å². The van der Waals surface area contributed by atoms with E-state index in [2.05, 4.69) is 4.90 Å². The first-order valence-corrected chi connectivity index (χ1v) is 10.4. The SMILES string of the molecule is OC(COc1ccccc1Cl)CN(C1CCCCC1)C1CCCCC1. The van der Waals surface area contributed by atoms with E-state index in [9.17, 15) is 5.11 Å². The Balaban J connectivity index is 1.57. The van der Waals surface area contributed by atoms with Crippen LogP contribution in [0.15, 0.2) is 24.3 Å². The second-order valence-electron chi connectivity index (χ2n) is 7.68. The highest BCUT2D eigenvalue weighted by Crippen LogP contribution is 2.30. The number of hydrogen-bond acceptors (Lipinski definition) is 3. The van der Waals surface area contributed by atoms with Crippen molar-refractivity contribution in [3.63, 3.8) is 0 Å². The third-order valence-electron chi connectivity index (χ3n) is 5.78. The molecule has 4 heteroatoms. The second-order valence-corrected chi connectivity index (χ2v) is 8.08. The minimum Gasteiger partial charge on any atom is -0.489 e. The lowest BCUT2D eigenvalue weighted by atomic mass is 9.88. The Hall–Kier alpha value is -0.770. The van der Waals surface area contributed by atoms with Gasteiger partial charge in [0.25, 0.3) is 0 Å². The fraction of sp³-hybridized carbons (Fsp3) is 0.714. The van der Waals surface area contributed by atoms with Gasteiger partial charge in [-0.25, -0.2) is 0 Å². The molecular weight excluding hydrogens is 334 g/mol. The van der Waals surface area contributed by atoms with Crippen LogP contribution in [0.25, 0.3) is 0 Å². The minimum atomic E-state index is -0.472. The van der Waals surface area contributed by atoms with Gasteiger partial charge in [0.05, 0.1) is 5.02 Å². The zero-order valence-corrected chi connectivity index (χ0v) is 16.0. The average Bonchev–Trinajstić information content (AvgIpc) is 2.67. The highest BCUT2D eigenvalue weighted by atomic mass is 35.5. The first kappa shape index (κ1) is 19.0. The zero-order chi connectivity index (χ0) is 17.5. The number of aliphatic hydroxyl groups is 1. The van der Waals surface area contributed by atoms with Crippen molar-refractivity contribution in [2.75, 3.05) is 13.2 Å². The van der Waals surface area contributed by atoms with E-state index in [4.69, 9.17) is 16.3 Å². The molecule has 0 aliphatic heterocycles. The molecule has 1 N–H and O–H groups in total. The number of para-hydroxylation sites is 1. The average molecular weight is 366 g/mol. The van der Waals surface area contributed by atoms with Gasteiger partial charge in [0.15, 0.2) is 0 Å². The second kappa shape index (κ2) is 9.80. The van der Waals surface area contributed by atoms with Crippen molar-refractivity contribution in [2.45, 2.75) is 82.4 Å². The molecule has 25 heavy (non-hydrogen) atoms. The van der Waals surface area contributed by atoms with E-state index in [1.165, 1.54) is 64.2 Å². The predicted molar refractivity (Wildman–Crippen MR) is 103 cm³/mol. The summed E-state index contributed by atoms with van der Waals surface area (Å²) in [4.78, 5) is 2.62. The van der Waals surface area contributed by atoms with Crippen LogP contribution in [0.1, 0.15) is 64.2 Å². The number of nitrogens with zero attached hydrogens (tertiary/aromatic N) is 1. The molecule has 1 aromatic rings. The Morgan fingerprint density at radius 2 is 1.52 bits per heavy atom. The molecule has 140 valence electrons. The molecule has 0 radical (unpaired) electrons. The molecule has 0 amide bonds. The minimum absolute atomic E-state index is 0.305. The molecule has 0 bridgehead atoms. The van der Waals surface area contributed by atoms with E-state index in [1.807, 2.05) is 24.3 Å². The number of halogens is 1. The van der Waals surface area contributed by atoms with Crippen molar-refractivity contribution < 1.29 is 9.84 Å². The lowest BCUT2D eigenvalue weighted by Gasteiger charge is -2.42. The fourth-order valence-corrected chi connectivity index (χ4v) is 4.66. The normalized spacial score (nSPS) is 21.4. The molecular formula is C21H32ClNO2. The number of hydrogen-bond donors (Lipinski definition) is 1. The molecule has 2 saturated carbocycles. The molecule has 2 fully saturated rings. The Morgan fingerprint density at radius 1 is 0.960 bits per heavy atom. The first-order chi connectivity index (χ1) is 12.2. The lowest BCUT2D eigenvalue weighted by Crippen LogP contribution is -2.49. The third-order valence-corrected chi connectivity index (χ3v) is 6.09. The van der Waals surface area contributed by atoms with Crippen molar-refractivity contribution in [2.24, 2.45) is 0 Å². The smallest absolute Gasteiger partial charge is 0.138 e. The number of aliphatic hydroxyl groups excluding tert-OH is 1. The Morgan fingerprint density at radius 3 is 2.08 bits per heavy atom. The topological polar surface area (TPSA) is 32.7 Å². The largest absolute Gasteiger partial charge is 0.489 e. The van der Waals surface area contributed by atoms with Crippen LogP contribution < -0.4 is 4.74 Å². The van der Waals surface area contributed by atoms with E-state index in [0.29, 0.717) is 29.5 Å². The lowest BCUT2D eigenvalue weighted by molar-refractivity contribution is 0.0118. The summed E-state index contributed by atoms with van der Waals surface area (Å²) in [7, 11) is 0. The van der Waals surface area contributed by atoms with Crippen LogP contribution in [0.2, 0.25) is 5.02 Å². The molecule has 1 unspecified atom stereocenters. The van der Waals surface area contributed by atoms with Gasteiger partial charge in [-0.15, -0.1) is 0 Å². The molecule has 1 atom stereocenters. The summed E-state index contributed by atoms with van der Waals surface area (Å²) < 4.78 is 5.77. The van der Waals surface area contributed by atoms with Gasteiger partial charge in [0.2, 0.25) is 0 Å². The highest BCUT2D eigenvalue weighted by Gasteiger charge is 2.30. The van der Waals surface area contributed by atoms with Gasteiger partial charge in [-0.2, -0.15) is 0 Å². The fourth-order valence-electron chi connectivity index (χ4n) is 4.47. The number of ether oxygens (including phenoxy) is 1. The van der Waals surface area contributed by atoms with E-state index >= 15 is 0 Å². The summed E-state index contributed by atoms with van der Waals surface area (Å²) in [5.74, 6) is 0.657. The maximum absolute atomic E-state index is 10.6. The monoisotopic (exact) mass is 365 g/mol. The Bertz CT molecular complexity index is 494. The van der Waals surface area contributed by atoms with Crippen LogP contribution in [0.5, 0.6) is 5.75 Å². The first-order valence-electron chi connectivity index (χ1n) is 10.0. The zero-order valence-electron chi connectivity index (χ0n) is 15.2. The van der Waals surface area contributed by atoms with Crippen molar-refractivity contribution in [1.29, 1.82) is 0 Å². The van der Waals surface area contributed by atoms with Gasteiger partial charge in [-0.05, 0) is 37.8 Å². The van der Waals surface area contributed by atoms with E-state index in [0.717, 1.165) is 6.54 Å². The van der Waals surface area contributed by atoms with Gasteiger partial charge in [0.1, 0.15) is 18.5 Å². The maximum atomic E-state index is 10.6. The summed E-state index contributed by atoms with van der Waals surface area (Å²) >= 11 is 6.14. The summed E-state index contributed by atoms with van der Waals surface area (Å²) in [5, 5.41) is 11.2. The quantitative estimate of drug-likeness (QED) is 0.734. The van der Waals surface area contributed by atoms with Gasteiger partial charge in [0, 0.05) is 18.6 Å². The molecule has 3 nitrogen and oxygen atoms in total. The van der Waals surface area contributed by atoms with Gasteiger partial charge in [-0.1, -0.05) is 62.3 Å². The highest BCUT2D eigenvalue weighted by molar-refractivity contribution is 6.32. The van der Waals surface area contributed by atoms with Gasteiger partial charge in [-0.3, -0.25) is 4.90 Å². The Kier molecular flexibility index (Phi) is 7.45. The third kappa shape index (κ3) is 5.60. The van der Waals surface area contributed by atoms with E-state index in [1.54, 1.807) is 0 Å². The summed E-state index contributed by atoms with van der Waals surface area (Å²) in [6, 6.07) is 8.76. The van der Waals surface area contributed by atoms with Crippen molar-refractivity contribution in [3.8, 4) is 5.75 Å². The van der Waals surface area contributed by atoms with Crippen LogP contribution in [0.3, 0.4) is 0 Å². The predicted octanol–water partition coefficient (Wildman–Crippen LogP) is 5.05. The van der Waals surface area contributed by atoms with Crippen molar-refractivity contribution in [1.82, 2.24) is 4.90 Å². The standard InChI is InChI=1S/C21H32ClNO2/c22-20-13-7-8-14-21(20)25-16-19(24)15-23(17-9-3-1-4-10-17)18-11-5-2-6-12-18/h7-8,13-14,17-19,24H,1-6,9-12,15-16H2. The molecule has 0 spiro atoms. The number of benzene rings is 1. The van der Waals surface area contributed by atoms with Crippen LogP contribution in [0.4, 0.5) is 0 Å². The molecule has 0 heterocycles. The molecule has 2 aliphatic rings.